The number of hydrogen-bond donors (Lipinski definition) is 0. The molecular formula is C14H18N2O3S. The Morgan fingerprint density at radius 2 is 2.05 bits per heavy atom. The van der Waals surface area contributed by atoms with Gasteiger partial charge in [-0.1, -0.05) is 0 Å². The monoisotopic (exact) mass is 294 g/mol. The Morgan fingerprint density at radius 1 is 1.35 bits per heavy atom. The molecule has 0 radical (unpaired) electrons. The lowest BCUT2D eigenvalue weighted by Crippen LogP contribution is -2.37. The lowest BCUT2D eigenvalue weighted by atomic mass is 10.1. The molecule has 0 amide bonds. The maximum Gasteiger partial charge on any atom is 0.242 e. The van der Waals surface area contributed by atoms with Gasteiger partial charge in [-0.2, -0.15) is 9.57 Å². The fraction of sp³-hybridized carbons (Fsp3) is 0.500. The number of nitrogens with zero attached hydrogens (tertiary/aromatic N) is 2. The Kier molecular flexibility index (Phi) is 4.76. The summed E-state index contributed by atoms with van der Waals surface area (Å²) in [5.74, 6) is 0. The van der Waals surface area contributed by atoms with Gasteiger partial charge in [0.25, 0.3) is 0 Å². The van der Waals surface area contributed by atoms with Gasteiger partial charge in [0.2, 0.25) is 10.0 Å². The highest BCUT2D eigenvalue weighted by molar-refractivity contribution is 7.89. The van der Waals surface area contributed by atoms with E-state index in [1.54, 1.807) is 7.05 Å². The van der Waals surface area contributed by atoms with Crippen LogP contribution in [0, 0.1) is 11.3 Å². The number of rotatable bonds is 4. The van der Waals surface area contributed by atoms with Crippen molar-refractivity contribution in [2.24, 2.45) is 0 Å². The van der Waals surface area contributed by atoms with Gasteiger partial charge in [0.1, 0.15) is 0 Å². The third kappa shape index (κ3) is 3.37. The van der Waals surface area contributed by atoms with E-state index < -0.39 is 10.0 Å². The molecule has 1 heterocycles. The third-order valence-corrected chi connectivity index (χ3v) is 5.26. The van der Waals surface area contributed by atoms with Crippen molar-refractivity contribution in [1.82, 2.24) is 4.31 Å². The Bertz CT molecular complexity index is 584. The predicted octanol–water partition coefficient (Wildman–Crippen LogP) is 1.75. The highest BCUT2D eigenvalue weighted by Gasteiger charge is 2.25. The van der Waals surface area contributed by atoms with Crippen LogP contribution in [0.25, 0.3) is 0 Å². The van der Waals surface area contributed by atoms with E-state index in [2.05, 4.69) is 0 Å². The quantitative estimate of drug-likeness (QED) is 0.848. The highest BCUT2D eigenvalue weighted by Crippen LogP contribution is 2.19. The van der Waals surface area contributed by atoms with Crippen LogP contribution in [0.5, 0.6) is 0 Å². The van der Waals surface area contributed by atoms with Gasteiger partial charge in [-0.15, -0.1) is 0 Å². The topological polar surface area (TPSA) is 70.4 Å². The zero-order valence-corrected chi connectivity index (χ0v) is 12.3. The molecule has 0 aliphatic carbocycles. The first kappa shape index (κ1) is 15.0. The van der Waals surface area contributed by atoms with E-state index in [1.807, 2.05) is 6.07 Å². The van der Waals surface area contributed by atoms with Crippen molar-refractivity contribution in [2.45, 2.75) is 30.3 Å². The van der Waals surface area contributed by atoms with Gasteiger partial charge < -0.3 is 4.74 Å². The van der Waals surface area contributed by atoms with Crippen LogP contribution >= 0.6 is 0 Å². The number of nitriles is 1. The van der Waals surface area contributed by atoms with E-state index in [0.717, 1.165) is 19.3 Å². The van der Waals surface area contributed by atoms with Crippen LogP contribution in [0.4, 0.5) is 0 Å². The molecule has 1 saturated heterocycles. The zero-order valence-electron chi connectivity index (χ0n) is 11.4. The second-order valence-corrected chi connectivity index (χ2v) is 6.96. The summed E-state index contributed by atoms with van der Waals surface area (Å²) in [6.45, 7) is 1.07. The molecule has 0 aromatic heterocycles. The van der Waals surface area contributed by atoms with Crippen molar-refractivity contribution in [1.29, 1.82) is 5.26 Å². The Morgan fingerprint density at radius 3 is 2.60 bits per heavy atom. The van der Waals surface area contributed by atoms with E-state index >= 15 is 0 Å². The van der Waals surface area contributed by atoms with Gasteiger partial charge >= 0.3 is 0 Å². The average Bonchev–Trinajstić information content (AvgIpc) is 2.48. The van der Waals surface area contributed by atoms with Crippen molar-refractivity contribution >= 4 is 10.0 Å². The smallest absolute Gasteiger partial charge is 0.242 e. The fourth-order valence-electron chi connectivity index (χ4n) is 2.22. The average molecular weight is 294 g/mol. The normalized spacial score (nSPS) is 19.8. The van der Waals surface area contributed by atoms with E-state index in [4.69, 9.17) is 10.00 Å². The van der Waals surface area contributed by atoms with Crippen molar-refractivity contribution < 1.29 is 13.2 Å². The lowest BCUT2D eigenvalue weighted by molar-refractivity contribution is 0.00858. The lowest BCUT2D eigenvalue weighted by Gasteiger charge is -2.27. The Hall–Kier alpha value is -1.42. The molecule has 1 aromatic carbocycles. The number of benzene rings is 1. The van der Waals surface area contributed by atoms with Gasteiger partial charge in [-0.3, -0.25) is 0 Å². The van der Waals surface area contributed by atoms with Gasteiger partial charge in [-0.05, 0) is 43.5 Å². The number of hydrogen-bond acceptors (Lipinski definition) is 4. The minimum atomic E-state index is -3.52. The van der Waals surface area contributed by atoms with Crippen LogP contribution in [-0.4, -0.2) is 39.0 Å². The maximum absolute atomic E-state index is 12.4. The summed E-state index contributed by atoms with van der Waals surface area (Å²) < 4.78 is 31.7. The molecule has 6 heteroatoms. The van der Waals surface area contributed by atoms with E-state index in [-0.39, 0.29) is 11.0 Å². The summed E-state index contributed by atoms with van der Waals surface area (Å²) in [4.78, 5) is 0.204. The number of sulfonamides is 1. The number of ether oxygens (including phenoxy) is 1. The molecule has 1 aromatic rings. The molecule has 1 atom stereocenters. The van der Waals surface area contributed by atoms with Gasteiger partial charge in [-0.25, -0.2) is 8.42 Å². The van der Waals surface area contributed by atoms with Crippen LogP contribution in [-0.2, 0) is 14.8 Å². The standard InChI is InChI=1S/C14H18N2O3S/c1-16(11-13-4-2-3-9-19-13)20(17,18)14-7-5-12(10-15)6-8-14/h5-8,13H,2-4,9,11H2,1H3. The van der Waals surface area contributed by atoms with Crippen molar-refractivity contribution in [3.63, 3.8) is 0 Å². The molecule has 2 rings (SSSR count). The van der Waals surface area contributed by atoms with E-state index in [9.17, 15) is 8.42 Å². The third-order valence-electron chi connectivity index (χ3n) is 3.43. The fourth-order valence-corrected chi connectivity index (χ4v) is 3.42. The zero-order chi connectivity index (χ0) is 14.6. The summed E-state index contributed by atoms with van der Waals surface area (Å²) >= 11 is 0. The first-order valence-electron chi connectivity index (χ1n) is 6.62. The van der Waals surface area contributed by atoms with Crippen molar-refractivity contribution in [2.75, 3.05) is 20.2 Å². The molecule has 20 heavy (non-hydrogen) atoms. The summed E-state index contributed by atoms with van der Waals surface area (Å²) in [6.07, 6.45) is 2.99. The molecule has 1 unspecified atom stereocenters. The van der Waals surface area contributed by atoms with E-state index in [1.165, 1.54) is 28.6 Å². The number of likely N-dealkylation sites (N-methyl/N-ethyl adjacent to an activating group) is 1. The minimum Gasteiger partial charge on any atom is -0.377 e. The summed E-state index contributed by atoms with van der Waals surface area (Å²) in [7, 11) is -1.96. The molecule has 5 nitrogen and oxygen atoms in total. The maximum atomic E-state index is 12.4. The molecule has 1 aliphatic heterocycles. The summed E-state index contributed by atoms with van der Waals surface area (Å²) in [5, 5.41) is 8.73. The molecular weight excluding hydrogens is 276 g/mol. The molecule has 0 bridgehead atoms. The summed E-state index contributed by atoms with van der Waals surface area (Å²) in [6, 6.07) is 7.92. The van der Waals surface area contributed by atoms with Crippen molar-refractivity contribution in [3.05, 3.63) is 29.8 Å². The van der Waals surface area contributed by atoms with E-state index in [0.29, 0.717) is 18.7 Å². The molecule has 1 fully saturated rings. The van der Waals surface area contributed by atoms with Gasteiger partial charge in [0.05, 0.1) is 22.6 Å². The van der Waals surface area contributed by atoms with Crippen LogP contribution in [0.15, 0.2) is 29.2 Å². The highest BCUT2D eigenvalue weighted by atomic mass is 32.2. The van der Waals surface area contributed by atoms with Crippen LogP contribution in [0.1, 0.15) is 24.8 Å². The summed E-state index contributed by atoms with van der Waals surface area (Å²) in [5.41, 5.74) is 0.446. The first-order chi connectivity index (χ1) is 9.54. The second kappa shape index (κ2) is 6.35. The largest absolute Gasteiger partial charge is 0.377 e. The second-order valence-electron chi connectivity index (χ2n) is 4.91. The Labute approximate surface area is 119 Å². The minimum absolute atomic E-state index is 0.0260. The molecule has 1 aliphatic rings. The SMILES string of the molecule is CN(CC1CCCCO1)S(=O)(=O)c1ccc(C#N)cc1. The Balaban J connectivity index is 2.09. The predicted molar refractivity (Wildman–Crippen MR) is 74.6 cm³/mol. The molecule has 0 N–H and O–H groups in total. The molecule has 0 spiro atoms. The van der Waals surface area contributed by atoms with Gasteiger partial charge in [0.15, 0.2) is 0 Å². The van der Waals surface area contributed by atoms with Gasteiger partial charge in [0, 0.05) is 20.2 Å². The van der Waals surface area contributed by atoms with Crippen molar-refractivity contribution in [3.8, 4) is 6.07 Å². The van der Waals surface area contributed by atoms with Crippen LogP contribution < -0.4 is 0 Å². The van der Waals surface area contributed by atoms with Crippen LogP contribution in [0.2, 0.25) is 0 Å². The van der Waals surface area contributed by atoms with Crippen LogP contribution in [0.3, 0.4) is 0 Å². The molecule has 108 valence electrons. The first-order valence-corrected chi connectivity index (χ1v) is 8.06. The molecule has 0 saturated carbocycles.